The van der Waals surface area contributed by atoms with Crippen LogP contribution in [0.4, 0.5) is 36.3 Å². The number of aromatic nitrogens is 2. The predicted octanol–water partition coefficient (Wildman–Crippen LogP) is 1.89. The van der Waals surface area contributed by atoms with Crippen LogP contribution < -0.4 is 21.3 Å². The van der Waals surface area contributed by atoms with Crippen molar-refractivity contribution >= 4 is 38.9 Å². The number of amides is 1. The van der Waals surface area contributed by atoms with Crippen molar-refractivity contribution in [2.75, 3.05) is 41.9 Å². The Kier molecular flexibility index (Phi) is 6.64. The van der Waals surface area contributed by atoms with Crippen molar-refractivity contribution in [3.8, 4) is 0 Å². The van der Waals surface area contributed by atoms with E-state index in [1.807, 2.05) is 0 Å². The molecular formula is C20H23F3N6O4S. The smallest absolute Gasteiger partial charge is 0.369 e. The van der Waals surface area contributed by atoms with E-state index < -0.39 is 38.9 Å². The van der Waals surface area contributed by atoms with Crippen molar-refractivity contribution in [2.24, 2.45) is 0 Å². The van der Waals surface area contributed by atoms with E-state index in [0.29, 0.717) is 24.1 Å². The first-order chi connectivity index (χ1) is 16.0. The molecule has 3 heterocycles. The minimum atomic E-state index is -4.69. The van der Waals surface area contributed by atoms with E-state index in [1.54, 1.807) is 18.2 Å². The van der Waals surface area contributed by atoms with Crippen molar-refractivity contribution in [3.63, 3.8) is 0 Å². The van der Waals surface area contributed by atoms with Crippen LogP contribution in [0.15, 0.2) is 24.4 Å². The second kappa shape index (κ2) is 9.35. The van der Waals surface area contributed by atoms with Gasteiger partial charge in [-0.15, -0.1) is 0 Å². The maximum atomic E-state index is 13.5. The second-order valence-corrected chi connectivity index (χ2v) is 10.1. The molecule has 1 amide bonds. The lowest BCUT2D eigenvalue weighted by Gasteiger charge is -2.31. The molecule has 2 aliphatic heterocycles. The zero-order valence-electron chi connectivity index (χ0n) is 18.1. The van der Waals surface area contributed by atoms with Gasteiger partial charge in [-0.1, -0.05) is 0 Å². The summed E-state index contributed by atoms with van der Waals surface area (Å²) in [6, 6.07) is 4.45. The monoisotopic (exact) mass is 500 g/mol. The number of nitrogens with zero attached hydrogens (tertiary/aromatic N) is 2. The summed E-state index contributed by atoms with van der Waals surface area (Å²) in [5.41, 5.74) is -0.175. The topological polar surface area (TPSA) is 134 Å². The third-order valence-corrected chi connectivity index (χ3v) is 6.68. The molecule has 2 unspecified atom stereocenters. The van der Waals surface area contributed by atoms with Gasteiger partial charge in [0.15, 0.2) is 15.3 Å². The summed E-state index contributed by atoms with van der Waals surface area (Å²) in [5, 5.41) is 11.2. The summed E-state index contributed by atoms with van der Waals surface area (Å²) in [7, 11) is -3.50. The van der Waals surface area contributed by atoms with Gasteiger partial charge in [-0.3, -0.25) is 4.79 Å². The number of nitrogens with one attached hydrogen (secondary N) is 4. The Hall–Kier alpha value is -2.97. The Balaban J connectivity index is 1.49. The number of alkyl halides is 3. The maximum Gasteiger partial charge on any atom is 0.421 e. The van der Waals surface area contributed by atoms with Gasteiger partial charge in [0.25, 0.3) is 0 Å². The summed E-state index contributed by atoms with van der Waals surface area (Å²) < 4.78 is 69.7. The normalized spacial score (nSPS) is 20.5. The van der Waals surface area contributed by atoms with Gasteiger partial charge >= 0.3 is 6.18 Å². The van der Waals surface area contributed by atoms with Crippen LogP contribution in [0.1, 0.15) is 17.5 Å². The molecule has 1 aromatic heterocycles. The molecule has 0 spiro atoms. The number of carbonyl (C=O) groups excluding carboxylic acids is 1. The number of morpholine rings is 1. The molecule has 14 heteroatoms. The number of hydrogen-bond acceptors (Lipinski definition) is 9. The van der Waals surface area contributed by atoms with E-state index in [2.05, 4.69) is 31.2 Å². The van der Waals surface area contributed by atoms with Crippen molar-refractivity contribution in [3.05, 3.63) is 35.5 Å². The highest BCUT2D eigenvalue weighted by atomic mass is 32.2. The molecule has 0 aliphatic carbocycles. The van der Waals surface area contributed by atoms with E-state index in [1.165, 1.54) is 0 Å². The van der Waals surface area contributed by atoms with Crippen LogP contribution in [-0.2, 0) is 32.0 Å². The average molecular weight is 501 g/mol. The first kappa shape index (κ1) is 24.2. The predicted molar refractivity (Wildman–Crippen MR) is 119 cm³/mol. The van der Waals surface area contributed by atoms with E-state index >= 15 is 0 Å². The molecule has 1 saturated heterocycles. The van der Waals surface area contributed by atoms with Gasteiger partial charge < -0.3 is 26.0 Å². The summed E-state index contributed by atoms with van der Waals surface area (Å²) in [6.07, 6.45) is -2.56. The fourth-order valence-electron chi connectivity index (χ4n) is 3.86. The van der Waals surface area contributed by atoms with Gasteiger partial charge in [-0.25, -0.2) is 13.4 Å². The Morgan fingerprint density at radius 3 is 2.82 bits per heavy atom. The number of benzene rings is 1. The van der Waals surface area contributed by atoms with Gasteiger partial charge in [-0.05, 0) is 30.2 Å². The Morgan fingerprint density at radius 1 is 1.29 bits per heavy atom. The van der Waals surface area contributed by atoms with Gasteiger partial charge in [-0.2, -0.15) is 18.2 Å². The molecule has 4 rings (SSSR count). The Labute approximate surface area is 193 Å². The molecule has 0 radical (unpaired) electrons. The van der Waals surface area contributed by atoms with Crippen LogP contribution in [0.5, 0.6) is 0 Å². The number of halogens is 3. The first-order valence-corrected chi connectivity index (χ1v) is 12.4. The number of rotatable bonds is 7. The van der Waals surface area contributed by atoms with Gasteiger partial charge in [0.05, 0.1) is 13.0 Å². The quantitative estimate of drug-likeness (QED) is 0.450. The summed E-state index contributed by atoms with van der Waals surface area (Å²) >= 11 is 0. The number of carbonyl (C=O) groups is 1. The summed E-state index contributed by atoms with van der Waals surface area (Å²) in [5.74, 6) is -0.642. The molecule has 2 atom stereocenters. The minimum Gasteiger partial charge on any atom is -0.369 e. The first-order valence-electron chi connectivity index (χ1n) is 10.4. The highest BCUT2D eigenvalue weighted by Gasteiger charge is 2.36. The van der Waals surface area contributed by atoms with Crippen LogP contribution in [-0.4, -0.2) is 61.7 Å². The molecule has 10 nitrogen and oxygen atoms in total. The summed E-state index contributed by atoms with van der Waals surface area (Å²) in [4.78, 5) is 19.3. The Bertz CT molecular complexity index is 1190. The number of hydrogen-bond donors (Lipinski definition) is 4. The summed E-state index contributed by atoms with van der Waals surface area (Å²) in [6.45, 7) is 0.681. The highest BCUT2D eigenvalue weighted by molar-refractivity contribution is 7.91. The van der Waals surface area contributed by atoms with Gasteiger partial charge in [0.1, 0.15) is 11.4 Å². The lowest BCUT2D eigenvalue weighted by atomic mass is 10.1. The second-order valence-electron chi connectivity index (χ2n) is 8.02. The average Bonchev–Trinajstić information content (AvgIpc) is 3.12. The van der Waals surface area contributed by atoms with Gasteiger partial charge in [0.2, 0.25) is 11.9 Å². The third kappa shape index (κ3) is 5.56. The zero-order valence-corrected chi connectivity index (χ0v) is 18.9. The van der Waals surface area contributed by atoms with Gasteiger partial charge in [0, 0.05) is 43.0 Å². The Morgan fingerprint density at radius 2 is 2.09 bits per heavy atom. The van der Waals surface area contributed by atoms with Crippen LogP contribution >= 0.6 is 0 Å². The molecule has 2 aliphatic rings. The molecule has 34 heavy (non-hydrogen) atoms. The minimum absolute atomic E-state index is 0.0131. The largest absolute Gasteiger partial charge is 0.421 e. The molecule has 0 saturated carbocycles. The molecular weight excluding hydrogens is 477 g/mol. The van der Waals surface area contributed by atoms with E-state index in [4.69, 9.17) is 4.74 Å². The number of ether oxygens (including phenoxy) is 1. The van der Waals surface area contributed by atoms with Crippen molar-refractivity contribution in [1.82, 2.24) is 15.3 Å². The molecule has 1 fully saturated rings. The van der Waals surface area contributed by atoms with Crippen LogP contribution in [0, 0.1) is 0 Å². The van der Waals surface area contributed by atoms with Crippen LogP contribution in [0.3, 0.4) is 0 Å². The number of sulfone groups is 1. The molecule has 4 N–H and O–H groups in total. The van der Waals surface area contributed by atoms with Crippen LogP contribution in [0.2, 0.25) is 0 Å². The standard InChI is InChI=1S/C20H23F3N6O4S/c1-34(31,32)18-15(24-6-7-33-18)4-5-25-17-13(20(21,22)23)10-26-19(29-17)27-12-2-3-14-11(8-12)9-16(30)28-14/h2-3,8,10,15,18,24H,4-7,9H2,1H3,(H,28,30)(H2,25,26,27,29). The molecule has 184 valence electrons. The number of fused-ring (bicyclic) bond motifs is 1. The fourth-order valence-corrected chi connectivity index (χ4v) is 5.03. The molecule has 2 aromatic rings. The number of anilines is 4. The van der Waals surface area contributed by atoms with E-state index in [-0.39, 0.29) is 37.8 Å². The highest BCUT2D eigenvalue weighted by Crippen LogP contribution is 2.34. The van der Waals surface area contributed by atoms with E-state index in [0.717, 1.165) is 11.8 Å². The maximum absolute atomic E-state index is 13.5. The molecule has 0 bridgehead atoms. The van der Waals surface area contributed by atoms with Crippen molar-refractivity contribution < 1.29 is 31.1 Å². The van der Waals surface area contributed by atoms with E-state index in [9.17, 15) is 26.4 Å². The fraction of sp³-hybridized carbons (Fsp3) is 0.450. The lowest BCUT2D eigenvalue weighted by molar-refractivity contribution is -0.137. The SMILES string of the molecule is CS(=O)(=O)C1OCCNC1CCNc1nc(Nc2ccc3c(c2)CC(=O)N3)ncc1C(F)(F)F. The third-order valence-electron chi connectivity index (χ3n) is 5.37. The zero-order chi connectivity index (χ0) is 24.5. The lowest BCUT2D eigenvalue weighted by Crippen LogP contribution is -2.52. The van der Waals surface area contributed by atoms with Crippen molar-refractivity contribution in [2.45, 2.75) is 30.5 Å². The molecule has 1 aromatic carbocycles. The van der Waals surface area contributed by atoms with Crippen molar-refractivity contribution in [1.29, 1.82) is 0 Å². The van der Waals surface area contributed by atoms with Crippen LogP contribution in [0.25, 0.3) is 0 Å².